The van der Waals surface area contributed by atoms with Crippen molar-refractivity contribution in [2.24, 2.45) is 0 Å². The van der Waals surface area contributed by atoms with Crippen LogP contribution in [-0.2, 0) is 14.3 Å². The van der Waals surface area contributed by atoms with Crippen LogP contribution >= 0.6 is 0 Å². The number of unbranched alkanes of at least 4 members (excludes halogenated alkanes) is 50. The molecule has 0 aromatic heterocycles. The van der Waals surface area contributed by atoms with E-state index in [-0.39, 0.29) is 18.5 Å². The molecule has 6 heteroatoms. The fourth-order valence-corrected chi connectivity index (χ4v) is 10.6. The maximum Gasteiger partial charge on any atom is 0.305 e. The van der Waals surface area contributed by atoms with Gasteiger partial charge in [0.1, 0.15) is 0 Å². The van der Waals surface area contributed by atoms with Crippen LogP contribution < -0.4 is 5.32 Å². The average molecular weight is 1040 g/mol. The van der Waals surface area contributed by atoms with Gasteiger partial charge in [-0.1, -0.05) is 327 Å². The largest absolute Gasteiger partial charge is 0.466 e. The molecule has 0 aliphatic heterocycles. The molecular formula is C68H131NO5. The van der Waals surface area contributed by atoms with Crippen LogP contribution in [0, 0.1) is 0 Å². The third-order valence-electron chi connectivity index (χ3n) is 15.7. The van der Waals surface area contributed by atoms with Crippen LogP contribution in [0.25, 0.3) is 0 Å². The number of amides is 1. The van der Waals surface area contributed by atoms with Gasteiger partial charge in [0.2, 0.25) is 5.91 Å². The van der Waals surface area contributed by atoms with E-state index in [9.17, 15) is 19.8 Å². The smallest absolute Gasteiger partial charge is 0.305 e. The Morgan fingerprint density at radius 3 is 0.986 bits per heavy atom. The van der Waals surface area contributed by atoms with Crippen molar-refractivity contribution in [1.29, 1.82) is 0 Å². The monoisotopic (exact) mass is 1040 g/mol. The molecule has 0 bridgehead atoms. The zero-order chi connectivity index (χ0) is 53.6. The number of carbonyl (C=O) groups is 2. The summed E-state index contributed by atoms with van der Waals surface area (Å²) in [5.74, 6) is -0.0508. The molecule has 2 unspecified atom stereocenters. The van der Waals surface area contributed by atoms with Crippen LogP contribution in [0.4, 0.5) is 0 Å². The Morgan fingerprint density at radius 1 is 0.365 bits per heavy atom. The molecule has 0 aromatic rings. The van der Waals surface area contributed by atoms with Crippen molar-refractivity contribution in [1.82, 2.24) is 5.32 Å². The predicted molar refractivity (Wildman–Crippen MR) is 324 cm³/mol. The van der Waals surface area contributed by atoms with Crippen molar-refractivity contribution >= 4 is 11.9 Å². The summed E-state index contributed by atoms with van der Waals surface area (Å²) in [6.07, 6.45) is 79.8. The average Bonchev–Trinajstić information content (AvgIpc) is 3.40. The highest BCUT2D eigenvalue weighted by Gasteiger charge is 2.18. The summed E-state index contributed by atoms with van der Waals surface area (Å²) in [5.41, 5.74) is 0. The summed E-state index contributed by atoms with van der Waals surface area (Å²) in [6.45, 7) is 4.89. The minimum atomic E-state index is -0.839. The van der Waals surface area contributed by atoms with Crippen LogP contribution in [-0.4, -0.2) is 47.4 Å². The van der Waals surface area contributed by atoms with Gasteiger partial charge in [0.25, 0.3) is 0 Å². The minimum Gasteiger partial charge on any atom is -0.466 e. The molecular weight excluding hydrogens is 911 g/mol. The van der Waals surface area contributed by atoms with Gasteiger partial charge < -0.3 is 20.3 Å². The van der Waals surface area contributed by atoms with E-state index in [2.05, 4.69) is 31.3 Å². The first-order valence-corrected chi connectivity index (χ1v) is 33.6. The summed E-state index contributed by atoms with van der Waals surface area (Å²) in [5, 5.41) is 23.1. The lowest BCUT2D eigenvalue weighted by Crippen LogP contribution is -2.45. The van der Waals surface area contributed by atoms with E-state index in [1.165, 1.54) is 302 Å². The molecule has 0 aliphatic rings. The number of allylic oxidation sites excluding steroid dienone is 3. The van der Waals surface area contributed by atoms with Crippen molar-refractivity contribution in [3.8, 4) is 0 Å². The van der Waals surface area contributed by atoms with Crippen LogP contribution in [0.2, 0.25) is 0 Å². The number of rotatable bonds is 63. The van der Waals surface area contributed by atoms with Gasteiger partial charge in [0.15, 0.2) is 0 Å². The highest BCUT2D eigenvalue weighted by atomic mass is 16.5. The number of nitrogens with one attached hydrogen (secondary N) is 1. The summed E-state index contributed by atoms with van der Waals surface area (Å²) in [4.78, 5) is 24.5. The second-order valence-electron chi connectivity index (χ2n) is 23.2. The highest BCUT2D eigenvalue weighted by Crippen LogP contribution is 2.19. The SMILES string of the molecule is CCCCC/C=C\CCCCCCCC(=O)OCCCCCCCCCCCCCCCCCCCCCCCCCCCCCCCCCCCC(=O)NC(CO)C(O)/C=C/CCCCCCCCCCCC. The number of hydrogen-bond donors (Lipinski definition) is 3. The molecule has 438 valence electrons. The molecule has 0 aliphatic carbocycles. The second-order valence-corrected chi connectivity index (χ2v) is 23.2. The van der Waals surface area contributed by atoms with Crippen LogP contribution in [0.3, 0.4) is 0 Å². The number of aliphatic hydroxyl groups is 2. The molecule has 0 aromatic carbocycles. The van der Waals surface area contributed by atoms with Gasteiger partial charge in [-0.3, -0.25) is 9.59 Å². The fraction of sp³-hybridized carbons (Fsp3) is 0.912. The van der Waals surface area contributed by atoms with Crippen molar-refractivity contribution in [3.05, 3.63) is 24.3 Å². The third kappa shape index (κ3) is 59.6. The maximum atomic E-state index is 12.4. The van der Waals surface area contributed by atoms with Gasteiger partial charge in [0.05, 0.1) is 25.4 Å². The van der Waals surface area contributed by atoms with Gasteiger partial charge in [-0.2, -0.15) is 0 Å². The van der Waals surface area contributed by atoms with Gasteiger partial charge in [-0.25, -0.2) is 0 Å². The topological polar surface area (TPSA) is 95.9 Å². The minimum absolute atomic E-state index is 0.0116. The van der Waals surface area contributed by atoms with E-state index < -0.39 is 12.1 Å². The lowest BCUT2D eigenvalue weighted by Gasteiger charge is -2.20. The van der Waals surface area contributed by atoms with E-state index in [1.807, 2.05) is 6.08 Å². The molecule has 0 saturated heterocycles. The second kappa shape index (κ2) is 63.9. The zero-order valence-corrected chi connectivity index (χ0v) is 50.1. The molecule has 0 radical (unpaired) electrons. The summed E-state index contributed by atoms with van der Waals surface area (Å²) in [6, 6.07) is -0.622. The Bertz CT molecular complexity index is 1150. The number of ether oxygens (including phenoxy) is 1. The molecule has 6 nitrogen and oxygen atoms in total. The zero-order valence-electron chi connectivity index (χ0n) is 50.1. The Balaban J connectivity index is 3.31. The molecule has 0 fully saturated rings. The Kier molecular flexibility index (Phi) is 62.4. The molecule has 0 saturated carbocycles. The summed E-state index contributed by atoms with van der Waals surface area (Å²) < 4.78 is 5.47. The first kappa shape index (κ1) is 72.3. The Morgan fingerprint density at radius 2 is 0.635 bits per heavy atom. The predicted octanol–water partition coefficient (Wildman–Crippen LogP) is 21.4. The molecule has 0 heterocycles. The van der Waals surface area contributed by atoms with Crippen molar-refractivity contribution < 1.29 is 24.5 Å². The van der Waals surface area contributed by atoms with E-state index in [0.717, 1.165) is 44.9 Å². The van der Waals surface area contributed by atoms with Crippen molar-refractivity contribution in [2.45, 2.75) is 386 Å². The van der Waals surface area contributed by atoms with Crippen molar-refractivity contribution in [3.63, 3.8) is 0 Å². The van der Waals surface area contributed by atoms with Gasteiger partial charge in [-0.15, -0.1) is 0 Å². The van der Waals surface area contributed by atoms with Crippen LogP contribution in [0.1, 0.15) is 373 Å². The molecule has 0 spiro atoms. The van der Waals surface area contributed by atoms with E-state index in [4.69, 9.17) is 4.74 Å². The number of hydrogen-bond acceptors (Lipinski definition) is 5. The van der Waals surface area contributed by atoms with Gasteiger partial charge >= 0.3 is 5.97 Å². The quantitative estimate of drug-likeness (QED) is 0.0320. The van der Waals surface area contributed by atoms with Crippen LogP contribution in [0.15, 0.2) is 24.3 Å². The third-order valence-corrected chi connectivity index (χ3v) is 15.7. The molecule has 0 rings (SSSR count). The Labute approximate surface area is 462 Å². The van der Waals surface area contributed by atoms with E-state index in [1.54, 1.807) is 6.08 Å². The standard InChI is InChI=1S/C68H131NO5/c1-3-5-7-9-11-13-15-40-44-48-52-56-60-66(71)65(64-70)69-67(72)61-57-53-49-45-41-38-36-34-32-30-28-26-24-22-20-18-17-19-21-23-25-27-29-31-33-35-37-39-43-47-51-55-59-63-74-68(73)62-58-54-50-46-42-16-14-12-10-8-6-4-2/h12,14,56,60,65-66,70-71H,3-11,13,15-55,57-59,61-64H2,1-2H3,(H,69,72)/b14-12-,60-56+. The van der Waals surface area contributed by atoms with E-state index >= 15 is 0 Å². The Hall–Kier alpha value is -1.66. The summed E-state index contributed by atoms with van der Waals surface area (Å²) in [7, 11) is 0. The summed E-state index contributed by atoms with van der Waals surface area (Å²) >= 11 is 0. The first-order valence-electron chi connectivity index (χ1n) is 33.6. The molecule has 1 amide bonds. The molecule has 3 N–H and O–H groups in total. The number of carbonyl (C=O) groups excluding carboxylic acids is 2. The van der Waals surface area contributed by atoms with Crippen LogP contribution in [0.5, 0.6) is 0 Å². The van der Waals surface area contributed by atoms with Gasteiger partial charge in [0, 0.05) is 12.8 Å². The van der Waals surface area contributed by atoms with Crippen molar-refractivity contribution in [2.75, 3.05) is 13.2 Å². The van der Waals surface area contributed by atoms with Gasteiger partial charge in [-0.05, 0) is 57.8 Å². The lowest BCUT2D eigenvalue weighted by atomic mass is 10.0. The first-order chi connectivity index (χ1) is 36.5. The van der Waals surface area contributed by atoms with E-state index in [0.29, 0.717) is 19.4 Å². The number of esters is 1. The highest BCUT2D eigenvalue weighted by molar-refractivity contribution is 5.76. The lowest BCUT2D eigenvalue weighted by molar-refractivity contribution is -0.143. The maximum absolute atomic E-state index is 12.4. The fourth-order valence-electron chi connectivity index (χ4n) is 10.6. The number of aliphatic hydroxyl groups excluding tert-OH is 2. The molecule has 74 heavy (non-hydrogen) atoms. The molecule has 2 atom stereocenters. The normalized spacial score (nSPS) is 12.6.